The summed E-state index contributed by atoms with van der Waals surface area (Å²) in [7, 11) is 0. The van der Waals surface area contributed by atoms with Gasteiger partial charge in [-0.25, -0.2) is 4.98 Å². The van der Waals surface area contributed by atoms with Crippen LogP contribution in [0.5, 0.6) is 0 Å². The van der Waals surface area contributed by atoms with Gasteiger partial charge in [0.05, 0.1) is 11.7 Å². The number of rotatable bonds is 3. The number of carbonyl (C=O) groups is 2. The number of nitrogens with one attached hydrogen (secondary N) is 2. The molecule has 26 heavy (non-hydrogen) atoms. The number of anilines is 1. The standard InChI is InChI=1S/C18H14N6O2/c19-9-12-10-20-24(15-7-5-11-3-1-2-4-13(11)21-15)17(12)23-18(26)14-6-8-16(25)22-14/h1-5,7,10,14H,6,8H2,(H,22,25)(H,23,26). The number of nitrogens with zero attached hydrogens (tertiary/aromatic N) is 4. The zero-order chi connectivity index (χ0) is 18.1. The molecule has 1 aliphatic rings. The average Bonchev–Trinajstić information content (AvgIpc) is 3.27. The molecule has 3 aromatic rings. The minimum atomic E-state index is -0.609. The molecule has 1 fully saturated rings. The van der Waals surface area contributed by atoms with Gasteiger partial charge >= 0.3 is 0 Å². The number of hydrogen-bond donors (Lipinski definition) is 2. The molecule has 4 rings (SSSR count). The highest BCUT2D eigenvalue weighted by molar-refractivity contribution is 5.99. The lowest BCUT2D eigenvalue weighted by Crippen LogP contribution is -2.37. The fourth-order valence-electron chi connectivity index (χ4n) is 2.91. The first-order valence-corrected chi connectivity index (χ1v) is 8.10. The largest absolute Gasteiger partial charge is 0.344 e. The van der Waals surface area contributed by atoms with E-state index in [0.717, 1.165) is 10.9 Å². The molecule has 8 nitrogen and oxygen atoms in total. The van der Waals surface area contributed by atoms with E-state index in [1.165, 1.54) is 10.9 Å². The zero-order valence-electron chi connectivity index (χ0n) is 13.6. The summed E-state index contributed by atoms with van der Waals surface area (Å²) in [6.07, 6.45) is 2.11. The van der Waals surface area contributed by atoms with Crippen molar-refractivity contribution in [2.75, 3.05) is 5.32 Å². The summed E-state index contributed by atoms with van der Waals surface area (Å²) in [6.45, 7) is 0. The van der Waals surface area contributed by atoms with Crippen molar-refractivity contribution in [2.45, 2.75) is 18.9 Å². The van der Waals surface area contributed by atoms with Crippen molar-refractivity contribution < 1.29 is 9.59 Å². The Hall–Kier alpha value is -3.73. The molecule has 2 aromatic heterocycles. The Bertz CT molecular complexity index is 1060. The maximum absolute atomic E-state index is 12.4. The Morgan fingerprint density at radius 1 is 1.31 bits per heavy atom. The highest BCUT2D eigenvalue weighted by Gasteiger charge is 2.28. The topological polar surface area (TPSA) is 113 Å². The summed E-state index contributed by atoms with van der Waals surface area (Å²) in [6, 6.07) is 12.7. The predicted octanol–water partition coefficient (Wildman–Crippen LogP) is 1.51. The van der Waals surface area contributed by atoms with Crippen LogP contribution in [0, 0.1) is 11.3 Å². The van der Waals surface area contributed by atoms with Crippen LogP contribution in [0.1, 0.15) is 18.4 Å². The summed E-state index contributed by atoms with van der Waals surface area (Å²) in [5.41, 5.74) is 0.997. The number of carbonyl (C=O) groups excluding carboxylic acids is 2. The summed E-state index contributed by atoms with van der Waals surface area (Å²) < 4.78 is 1.42. The van der Waals surface area contributed by atoms with E-state index in [2.05, 4.69) is 20.7 Å². The Morgan fingerprint density at radius 3 is 2.92 bits per heavy atom. The van der Waals surface area contributed by atoms with Crippen molar-refractivity contribution in [1.29, 1.82) is 5.26 Å². The molecule has 8 heteroatoms. The molecule has 1 atom stereocenters. The third-order valence-electron chi connectivity index (χ3n) is 4.24. The summed E-state index contributed by atoms with van der Waals surface area (Å²) in [5.74, 6) is 0.183. The Kier molecular flexibility index (Phi) is 3.82. The Balaban J connectivity index is 1.70. The molecule has 1 saturated heterocycles. The minimum absolute atomic E-state index is 0.157. The lowest BCUT2D eigenvalue weighted by atomic mass is 10.2. The van der Waals surface area contributed by atoms with Crippen LogP contribution in [0.4, 0.5) is 5.82 Å². The van der Waals surface area contributed by atoms with Crippen molar-refractivity contribution in [3.05, 3.63) is 48.2 Å². The SMILES string of the molecule is N#Cc1cnn(-c2ccc3ccccc3n2)c1NC(=O)C1CCC(=O)N1. The van der Waals surface area contributed by atoms with Gasteiger partial charge in [0, 0.05) is 11.8 Å². The third-order valence-corrected chi connectivity index (χ3v) is 4.24. The molecule has 2 amide bonds. The van der Waals surface area contributed by atoms with E-state index in [9.17, 15) is 14.9 Å². The van der Waals surface area contributed by atoms with Crippen LogP contribution in [0.25, 0.3) is 16.7 Å². The van der Waals surface area contributed by atoms with Crippen LogP contribution in [-0.4, -0.2) is 32.6 Å². The van der Waals surface area contributed by atoms with Crippen molar-refractivity contribution in [2.24, 2.45) is 0 Å². The maximum Gasteiger partial charge on any atom is 0.248 e. The molecule has 0 aliphatic carbocycles. The van der Waals surface area contributed by atoms with Gasteiger partial charge in [0.2, 0.25) is 11.8 Å². The predicted molar refractivity (Wildman–Crippen MR) is 93.4 cm³/mol. The van der Waals surface area contributed by atoms with E-state index in [0.29, 0.717) is 18.7 Å². The average molecular weight is 346 g/mol. The van der Waals surface area contributed by atoms with Gasteiger partial charge in [-0.2, -0.15) is 15.0 Å². The molecular weight excluding hydrogens is 332 g/mol. The number of pyridine rings is 1. The molecule has 3 heterocycles. The highest BCUT2D eigenvalue weighted by Crippen LogP contribution is 2.21. The van der Waals surface area contributed by atoms with Gasteiger partial charge in [-0.15, -0.1) is 0 Å². The van der Waals surface area contributed by atoms with Crippen molar-refractivity contribution in [3.63, 3.8) is 0 Å². The molecular formula is C18H14N6O2. The number of para-hydroxylation sites is 1. The van der Waals surface area contributed by atoms with E-state index in [-0.39, 0.29) is 23.2 Å². The molecule has 0 saturated carbocycles. The number of aromatic nitrogens is 3. The molecule has 1 aliphatic heterocycles. The van der Waals surface area contributed by atoms with Crippen molar-refractivity contribution >= 4 is 28.5 Å². The first kappa shape index (κ1) is 15.8. The van der Waals surface area contributed by atoms with Crippen LogP contribution in [0.3, 0.4) is 0 Å². The van der Waals surface area contributed by atoms with Gasteiger partial charge in [-0.3, -0.25) is 9.59 Å². The molecule has 2 N–H and O–H groups in total. The second-order valence-electron chi connectivity index (χ2n) is 5.94. The van der Waals surface area contributed by atoms with Gasteiger partial charge in [0.1, 0.15) is 17.7 Å². The maximum atomic E-state index is 12.4. The summed E-state index contributed by atoms with van der Waals surface area (Å²) in [5, 5.41) is 19.8. The molecule has 0 spiro atoms. The lowest BCUT2D eigenvalue weighted by Gasteiger charge is -2.13. The van der Waals surface area contributed by atoms with Crippen LogP contribution in [0.2, 0.25) is 0 Å². The van der Waals surface area contributed by atoms with Crippen LogP contribution in [0.15, 0.2) is 42.6 Å². The van der Waals surface area contributed by atoms with Crippen LogP contribution >= 0.6 is 0 Å². The fraction of sp³-hybridized carbons (Fsp3) is 0.167. The number of nitriles is 1. The van der Waals surface area contributed by atoms with Gasteiger partial charge < -0.3 is 10.6 Å². The van der Waals surface area contributed by atoms with E-state index >= 15 is 0 Å². The highest BCUT2D eigenvalue weighted by atomic mass is 16.2. The smallest absolute Gasteiger partial charge is 0.248 e. The Labute approximate surface area is 148 Å². The van der Waals surface area contributed by atoms with Gasteiger partial charge in [-0.05, 0) is 24.6 Å². The zero-order valence-corrected chi connectivity index (χ0v) is 13.6. The second kappa shape index (κ2) is 6.29. The molecule has 0 bridgehead atoms. The fourth-order valence-corrected chi connectivity index (χ4v) is 2.91. The van der Waals surface area contributed by atoms with Crippen LogP contribution < -0.4 is 10.6 Å². The number of fused-ring (bicyclic) bond motifs is 1. The van der Waals surface area contributed by atoms with E-state index < -0.39 is 6.04 Å². The monoisotopic (exact) mass is 346 g/mol. The van der Waals surface area contributed by atoms with Crippen molar-refractivity contribution in [3.8, 4) is 11.9 Å². The van der Waals surface area contributed by atoms with Gasteiger partial charge in [0.15, 0.2) is 11.6 Å². The van der Waals surface area contributed by atoms with E-state index in [4.69, 9.17) is 0 Å². The molecule has 128 valence electrons. The first-order chi connectivity index (χ1) is 12.7. The number of amides is 2. The summed E-state index contributed by atoms with van der Waals surface area (Å²) in [4.78, 5) is 28.3. The van der Waals surface area contributed by atoms with E-state index in [1.807, 2.05) is 36.4 Å². The van der Waals surface area contributed by atoms with Crippen LogP contribution in [-0.2, 0) is 9.59 Å². The van der Waals surface area contributed by atoms with Gasteiger partial charge in [0.25, 0.3) is 0 Å². The lowest BCUT2D eigenvalue weighted by molar-refractivity contribution is -0.122. The van der Waals surface area contributed by atoms with Crippen molar-refractivity contribution in [1.82, 2.24) is 20.1 Å². The normalized spacial score (nSPS) is 16.3. The number of hydrogen-bond acceptors (Lipinski definition) is 5. The van der Waals surface area contributed by atoms with Gasteiger partial charge in [-0.1, -0.05) is 18.2 Å². The quantitative estimate of drug-likeness (QED) is 0.746. The summed E-state index contributed by atoms with van der Waals surface area (Å²) >= 11 is 0. The number of benzene rings is 1. The van der Waals surface area contributed by atoms with E-state index in [1.54, 1.807) is 6.07 Å². The Morgan fingerprint density at radius 2 is 2.15 bits per heavy atom. The second-order valence-corrected chi connectivity index (χ2v) is 5.94. The molecule has 1 unspecified atom stereocenters. The molecule has 0 radical (unpaired) electrons. The first-order valence-electron chi connectivity index (χ1n) is 8.10. The third kappa shape index (κ3) is 2.75. The minimum Gasteiger partial charge on any atom is -0.344 e. The molecule has 1 aromatic carbocycles.